The summed E-state index contributed by atoms with van der Waals surface area (Å²) in [5.74, 6) is 1.70. The zero-order valence-corrected chi connectivity index (χ0v) is 6.78. The highest BCUT2D eigenvalue weighted by molar-refractivity contribution is 5.21. The lowest BCUT2D eigenvalue weighted by molar-refractivity contribution is 0.612. The Morgan fingerprint density at radius 3 is 2.82 bits per heavy atom. The van der Waals surface area contributed by atoms with E-state index >= 15 is 0 Å². The number of hydrogen-bond donors (Lipinski definition) is 1. The fraction of sp³-hybridized carbons (Fsp3) is 0.571. The van der Waals surface area contributed by atoms with Crippen molar-refractivity contribution in [2.75, 3.05) is 5.73 Å². The topological polar surface area (TPSA) is 64.7 Å². The Bertz CT molecular complexity index is 234. The number of nitrogen functional groups attached to an aromatic ring is 1. The van der Waals surface area contributed by atoms with Crippen molar-refractivity contribution in [1.82, 2.24) is 15.2 Å². The molecule has 1 heterocycles. The Labute approximate surface area is 65.9 Å². The molecule has 1 rings (SSSR count). The predicted octanol–water partition coefficient (Wildman–Crippen LogP) is 0.652. The van der Waals surface area contributed by atoms with Crippen LogP contribution in [0.2, 0.25) is 0 Å². The Balaban J connectivity index is 2.71. The smallest absolute Gasteiger partial charge is 0.153 e. The van der Waals surface area contributed by atoms with Crippen LogP contribution in [-0.2, 0) is 6.42 Å². The molecule has 0 unspecified atom stereocenters. The van der Waals surface area contributed by atoms with E-state index in [0.717, 1.165) is 12.2 Å². The first-order valence-electron chi connectivity index (χ1n) is 3.62. The standard InChI is InChI=1S/C7H12N4/c1-5(2)3-7-10-6(8)4-9-11-7/h4-5H,3H2,1-2H3,(H2,8,10,11). The van der Waals surface area contributed by atoms with Crippen LogP contribution in [0, 0.1) is 5.92 Å². The van der Waals surface area contributed by atoms with Crippen molar-refractivity contribution >= 4 is 5.82 Å². The van der Waals surface area contributed by atoms with Gasteiger partial charge in [0.1, 0.15) is 5.82 Å². The minimum absolute atomic E-state index is 0.440. The van der Waals surface area contributed by atoms with Gasteiger partial charge < -0.3 is 5.73 Å². The summed E-state index contributed by atoms with van der Waals surface area (Å²) in [6, 6.07) is 0. The first-order valence-corrected chi connectivity index (χ1v) is 3.62. The molecule has 60 valence electrons. The molecule has 0 saturated carbocycles. The third-order valence-electron chi connectivity index (χ3n) is 1.21. The highest BCUT2D eigenvalue weighted by Crippen LogP contribution is 2.01. The van der Waals surface area contributed by atoms with E-state index in [9.17, 15) is 0 Å². The van der Waals surface area contributed by atoms with Gasteiger partial charge in [-0.3, -0.25) is 0 Å². The molecule has 0 aliphatic rings. The molecule has 2 N–H and O–H groups in total. The van der Waals surface area contributed by atoms with Crippen molar-refractivity contribution < 1.29 is 0 Å². The quantitative estimate of drug-likeness (QED) is 0.675. The van der Waals surface area contributed by atoms with Crippen LogP contribution in [0.4, 0.5) is 5.82 Å². The monoisotopic (exact) mass is 152 g/mol. The van der Waals surface area contributed by atoms with Crippen molar-refractivity contribution in [2.45, 2.75) is 20.3 Å². The summed E-state index contributed by atoms with van der Waals surface area (Å²) >= 11 is 0. The van der Waals surface area contributed by atoms with Crippen molar-refractivity contribution in [2.24, 2.45) is 5.92 Å². The molecule has 0 saturated heterocycles. The van der Waals surface area contributed by atoms with Gasteiger partial charge in [0.25, 0.3) is 0 Å². The Hall–Kier alpha value is -1.19. The molecule has 0 spiro atoms. The van der Waals surface area contributed by atoms with Crippen LogP contribution in [0.3, 0.4) is 0 Å². The minimum Gasteiger partial charge on any atom is -0.382 e. The Kier molecular flexibility index (Phi) is 2.36. The van der Waals surface area contributed by atoms with Crippen LogP contribution in [0.25, 0.3) is 0 Å². The summed E-state index contributed by atoms with van der Waals surface area (Å²) in [5.41, 5.74) is 5.42. The summed E-state index contributed by atoms with van der Waals surface area (Å²) in [4.78, 5) is 4.02. The van der Waals surface area contributed by atoms with Gasteiger partial charge >= 0.3 is 0 Å². The largest absolute Gasteiger partial charge is 0.382 e. The van der Waals surface area contributed by atoms with E-state index in [1.807, 2.05) is 0 Å². The maximum Gasteiger partial charge on any atom is 0.153 e. The maximum atomic E-state index is 5.42. The molecule has 0 fully saturated rings. The molecule has 0 bridgehead atoms. The summed E-state index contributed by atoms with van der Waals surface area (Å²) in [7, 11) is 0. The number of anilines is 1. The minimum atomic E-state index is 0.440. The van der Waals surface area contributed by atoms with E-state index in [1.165, 1.54) is 6.20 Å². The number of hydrogen-bond acceptors (Lipinski definition) is 4. The second-order valence-electron chi connectivity index (χ2n) is 2.90. The molecule has 0 aliphatic heterocycles. The number of nitrogens with two attached hydrogens (primary N) is 1. The van der Waals surface area contributed by atoms with E-state index in [2.05, 4.69) is 29.0 Å². The van der Waals surface area contributed by atoms with Crippen molar-refractivity contribution in [3.05, 3.63) is 12.0 Å². The molecule has 4 heteroatoms. The SMILES string of the molecule is CC(C)Cc1nncc(N)n1. The molecule has 1 aromatic heterocycles. The molecule has 0 atom stereocenters. The molecule has 4 nitrogen and oxygen atoms in total. The van der Waals surface area contributed by atoms with Gasteiger partial charge in [-0.25, -0.2) is 4.98 Å². The molecular weight excluding hydrogens is 140 g/mol. The van der Waals surface area contributed by atoms with Gasteiger partial charge in [-0.1, -0.05) is 13.8 Å². The van der Waals surface area contributed by atoms with Gasteiger partial charge in [0.15, 0.2) is 5.82 Å². The van der Waals surface area contributed by atoms with Crippen LogP contribution in [0.1, 0.15) is 19.7 Å². The summed E-state index contributed by atoms with van der Waals surface area (Å²) in [6.07, 6.45) is 2.28. The second kappa shape index (κ2) is 3.27. The molecule has 0 aromatic carbocycles. The van der Waals surface area contributed by atoms with E-state index in [4.69, 9.17) is 5.73 Å². The van der Waals surface area contributed by atoms with Crippen molar-refractivity contribution in [3.63, 3.8) is 0 Å². The maximum absolute atomic E-state index is 5.42. The van der Waals surface area contributed by atoms with Gasteiger partial charge in [0, 0.05) is 6.42 Å². The highest BCUT2D eigenvalue weighted by Gasteiger charge is 2.00. The number of aromatic nitrogens is 3. The third-order valence-corrected chi connectivity index (χ3v) is 1.21. The van der Waals surface area contributed by atoms with Crippen LogP contribution in [0.5, 0.6) is 0 Å². The zero-order chi connectivity index (χ0) is 8.27. The van der Waals surface area contributed by atoms with Gasteiger partial charge in [-0.05, 0) is 5.92 Å². The lowest BCUT2D eigenvalue weighted by Crippen LogP contribution is -2.04. The fourth-order valence-corrected chi connectivity index (χ4v) is 0.807. The highest BCUT2D eigenvalue weighted by atomic mass is 15.2. The molecular formula is C7H12N4. The molecule has 1 aromatic rings. The van der Waals surface area contributed by atoms with Gasteiger partial charge in [0.05, 0.1) is 6.20 Å². The Morgan fingerprint density at radius 2 is 2.27 bits per heavy atom. The van der Waals surface area contributed by atoms with Gasteiger partial charge in [-0.2, -0.15) is 5.10 Å². The average Bonchev–Trinajstić information content (AvgIpc) is 1.85. The van der Waals surface area contributed by atoms with E-state index in [-0.39, 0.29) is 0 Å². The molecule has 0 amide bonds. The van der Waals surface area contributed by atoms with E-state index in [0.29, 0.717) is 11.7 Å². The predicted molar refractivity (Wildman–Crippen MR) is 42.8 cm³/mol. The first-order chi connectivity index (χ1) is 5.18. The van der Waals surface area contributed by atoms with Crippen molar-refractivity contribution in [1.29, 1.82) is 0 Å². The molecule has 0 radical (unpaired) electrons. The van der Waals surface area contributed by atoms with Gasteiger partial charge in [-0.15, -0.1) is 5.10 Å². The lowest BCUT2D eigenvalue weighted by Gasteiger charge is -2.01. The Morgan fingerprint density at radius 1 is 1.55 bits per heavy atom. The van der Waals surface area contributed by atoms with E-state index < -0.39 is 0 Å². The lowest BCUT2D eigenvalue weighted by atomic mass is 10.1. The second-order valence-corrected chi connectivity index (χ2v) is 2.90. The number of rotatable bonds is 2. The van der Waals surface area contributed by atoms with Crippen LogP contribution < -0.4 is 5.73 Å². The van der Waals surface area contributed by atoms with Crippen LogP contribution in [0.15, 0.2) is 6.20 Å². The van der Waals surface area contributed by atoms with Crippen LogP contribution >= 0.6 is 0 Å². The van der Waals surface area contributed by atoms with Crippen LogP contribution in [-0.4, -0.2) is 15.2 Å². The zero-order valence-electron chi connectivity index (χ0n) is 6.78. The summed E-state index contributed by atoms with van der Waals surface area (Å²) in [5, 5.41) is 7.54. The molecule has 11 heavy (non-hydrogen) atoms. The summed E-state index contributed by atoms with van der Waals surface area (Å²) in [6.45, 7) is 4.21. The first kappa shape index (κ1) is 7.91. The summed E-state index contributed by atoms with van der Waals surface area (Å²) < 4.78 is 0. The van der Waals surface area contributed by atoms with Crippen molar-refractivity contribution in [3.8, 4) is 0 Å². The fourth-order valence-electron chi connectivity index (χ4n) is 0.807. The van der Waals surface area contributed by atoms with Gasteiger partial charge in [0.2, 0.25) is 0 Å². The number of nitrogens with zero attached hydrogens (tertiary/aromatic N) is 3. The van der Waals surface area contributed by atoms with E-state index in [1.54, 1.807) is 0 Å². The average molecular weight is 152 g/mol. The third kappa shape index (κ3) is 2.49. The normalized spacial score (nSPS) is 10.5. The molecule has 0 aliphatic carbocycles.